The number of halogens is 2. The molecule has 5 heterocycles. The highest BCUT2D eigenvalue weighted by molar-refractivity contribution is 6.33. The minimum atomic E-state index is -0.719. The summed E-state index contributed by atoms with van der Waals surface area (Å²) in [5.41, 5.74) is 1.85. The van der Waals surface area contributed by atoms with Crippen LogP contribution in [-0.2, 0) is 11.3 Å². The molecule has 0 radical (unpaired) electrons. The summed E-state index contributed by atoms with van der Waals surface area (Å²) in [7, 11) is 0. The molecule has 0 saturated carbocycles. The second-order valence-electron chi connectivity index (χ2n) is 12.3. The topological polar surface area (TPSA) is 113 Å². The number of nitrogens with zero attached hydrogens (tertiary/aromatic N) is 4. The highest BCUT2D eigenvalue weighted by atomic mass is 35.5. The molecule has 3 N–H and O–H groups in total. The molecule has 0 spiro atoms. The van der Waals surface area contributed by atoms with Gasteiger partial charge in [-0.3, -0.25) is 9.69 Å². The minimum Gasteiger partial charge on any atom is -0.393 e. The van der Waals surface area contributed by atoms with E-state index in [9.17, 15) is 15.0 Å². The predicted molar refractivity (Wildman–Crippen MR) is 160 cm³/mol. The summed E-state index contributed by atoms with van der Waals surface area (Å²) in [6.45, 7) is 7.07. The fraction of sp³-hybridized carbons (Fsp3) is 0.581. The van der Waals surface area contributed by atoms with Gasteiger partial charge in [-0.15, -0.1) is 0 Å². The van der Waals surface area contributed by atoms with Gasteiger partial charge in [-0.1, -0.05) is 18.0 Å². The number of benzene rings is 1. The van der Waals surface area contributed by atoms with Crippen molar-refractivity contribution in [2.45, 2.75) is 102 Å². The van der Waals surface area contributed by atoms with Crippen LogP contribution in [0.3, 0.4) is 0 Å². The van der Waals surface area contributed by atoms with E-state index in [-0.39, 0.29) is 70.1 Å². The lowest BCUT2D eigenvalue weighted by Gasteiger charge is -2.48. The van der Waals surface area contributed by atoms with E-state index in [4.69, 9.17) is 16.3 Å². The van der Waals surface area contributed by atoms with Crippen LogP contribution in [0.15, 0.2) is 23.1 Å². The molecule has 6 rings (SSSR count). The van der Waals surface area contributed by atoms with E-state index in [2.05, 4.69) is 20.2 Å². The molecule has 0 amide bonds. The number of nitrogens with one attached hydrogen (secondary N) is 1. The van der Waals surface area contributed by atoms with Gasteiger partial charge >= 0.3 is 0 Å². The smallest absolute Gasteiger partial charge is 0.223 e. The van der Waals surface area contributed by atoms with Gasteiger partial charge in [0, 0.05) is 53.5 Å². The lowest BCUT2D eigenvalue weighted by Crippen LogP contribution is -2.53. The van der Waals surface area contributed by atoms with Crippen LogP contribution in [0.2, 0.25) is 5.02 Å². The first kappa shape index (κ1) is 29.4. The molecule has 9 nitrogen and oxygen atoms in total. The van der Waals surface area contributed by atoms with E-state index in [1.807, 2.05) is 25.3 Å². The summed E-state index contributed by atoms with van der Waals surface area (Å²) >= 11 is 6.53. The number of anilines is 1. The van der Waals surface area contributed by atoms with Gasteiger partial charge in [0.2, 0.25) is 5.95 Å². The number of aromatic nitrogens is 3. The lowest BCUT2D eigenvalue weighted by molar-refractivity contribution is -0.0325. The Morgan fingerprint density at radius 1 is 1.19 bits per heavy atom. The molecule has 3 fully saturated rings. The van der Waals surface area contributed by atoms with Gasteiger partial charge in [0.05, 0.1) is 47.3 Å². The third-order valence-electron chi connectivity index (χ3n) is 9.26. The first-order valence-corrected chi connectivity index (χ1v) is 15.4. The summed E-state index contributed by atoms with van der Waals surface area (Å²) in [5.74, 6) is -0.337. The Bertz CT molecular complexity index is 1530. The van der Waals surface area contributed by atoms with Crippen LogP contribution in [0.25, 0.3) is 22.2 Å². The fourth-order valence-electron chi connectivity index (χ4n) is 7.14. The molecule has 2 aromatic heterocycles. The van der Waals surface area contributed by atoms with Gasteiger partial charge in [-0.25, -0.2) is 14.4 Å². The SMILES string of the molecule is Cc1c(CN2C3CCCC2CC(O)C3)n(C(C)C)c2c(F)c(-c3nc(N[C@@H]4CCOC[C@H]4O)ncc3Cl)ccc2c1=O. The van der Waals surface area contributed by atoms with Crippen molar-refractivity contribution in [3.63, 3.8) is 0 Å². The third-order valence-corrected chi connectivity index (χ3v) is 9.53. The number of aliphatic hydroxyl groups excluding tert-OH is 2. The average molecular weight is 600 g/mol. The Labute approximate surface area is 249 Å². The quantitative estimate of drug-likeness (QED) is 0.377. The van der Waals surface area contributed by atoms with Crippen molar-refractivity contribution in [3.05, 3.63) is 50.7 Å². The van der Waals surface area contributed by atoms with E-state index in [1.54, 1.807) is 12.1 Å². The second-order valence-corrected chi connectivity index (χ2v) is 12.7. The number of hydrogen-bond donors (Lipinski definition) is 3. The second kappa shape index (κ2) is 11.8. The summed E-state index contributed by atoms with van der Waals surface area (Å²) in [6, 6.07) is 3.27. The van der Waals surface area contributed by atoms with E-state index in [1.165, 1.54) is 6.20 Å². The standard InChI is InChI=1S/C31H39ClFN5O4/c1-16(2)38-25(14-37-18-5-4-6-19(37)12-20(39)11-18)17(3)30(41)22-8-7-21(27(33)29(22)38)28-23(32)13-34-31(36-28)35-24-9-10-42-15-26(24)40/h7-8,13,16,18-20,24,26,39-40H,4-6,9-12,14-15H2,1-3H3,(H,34,35,36)/t18?,19?,20?,24-,26-/m1/s1. The van der Waals surface area contributed by atoms with Crippen molar-refractivity contribution >= 4 is 28.5 Å². The van der Waals surface area contributed by atoms with E-state index in [0.29, 0.717) is 30.5 Å². The fourth-order valence-corrected chi connectivity index (χ4v) is 7.34. The van der Waals surface area contributed by atoms with Crippen LogP contribution >= 0.6 is 11.6 Å². The molecule has 2 bridgehead atoms. The van der Waals surface area contributed by atoms with Gasteiger partial charge in [-0.2, -0.15) is 0 Å². The molecule has 0 aliphatic carbocycles. The lowest BCUT2D eigenvalue weighted by atomic mass is 9.82. The Balaban J connectivity index is 1.45. The largest absolute Gasteiger partial charge is 0.393 e. The molecule has 4 atom stereocenters. The number of rotatable bonds is 6. The first-order chi connectivity index (χ1) is 20.1. The van der Waals surface area contributed by atoms with E-state index < -0.39 is 11.9 Å². The number of fused-ring (bicyclic) bond motifs is 3. The predicted octanol–water partition coefficient (Wildman–Crippen LogP) is 4.58. The molecule has 1 aromatic carbocycles. The summed E-state index contributed by atoms with van der Waals surface area (Å²) in [4.78, 5) is 24.9. The van der Waals surface area contributed by atoms with Crippen molar-refractivity contribution < 1.29 is 19.3 Å². The van der Waals surface area contributed by atoms with Crippen LogP contribution in [0.5, 0.6) is 0 Å². The number of hydrogen-bond acceptors (Lipinski definition) is 8. The highest BCUT2D eigenvalue weighted by Gasteiger charge is 2.38. The minimum absolute atomic E-state index is 0.130. The zero-order valence-electron chi connectivity index (χ0n) is 24.3. The van der Waals surface area contributed by atoms with E-state index >= 15 is 4.39 Å². The van der Waals surface area contributed by atoms with Crippen LogP contribution in [0.4, 0.5) is 10.3 Å². The van der Waals surface area contributed by atoms with Crippen LogP contribution < -0.4 is 10.7 Å². The zero-order valence-corrected chi connectivity index (χ0v) is 25.1. The maximum Gasteiger partial charge on any atom is 0.223 e. The normalized spacial score (nSPS) is 26.6. The van der Waals surface area contributed by atoms with Gasteiger partial charge < -0.3 is 24.8 Å². The Hall–Kier alpha value is -2.63. The molecule has 3 aliphatic rings. The Morgan fingerprint density at radius 3 is 2.62 bits per heavy atom. The Morgan fingerprint density at radius 2 is 1.93 bits per heavy atom. The Kier molecular flexibility index (Phi) is 8.28. The molecule has 42 heavy (non-hydrogen) atoms. The monoisotopic (exact) mass is 599 g/mol. The first-order valence-electron chi connectivity index (χ1n) is 15.0. The summed E-state index contributed by atoms with van der Waals surface area (Å²) in [5, 5.41) is 24.4. The van der Waals surface area contributed by atoms with Crippen LogP contribution in [-0.4, -0.2) is 73.2 Å². The van der Waals surface area contributed by atoms with Crippen LogP contribution in [0, 0.1) is 12.7 Å². The average Bonchev–Trinajstić information content (AvgIpc) is 2.94. The molecular formula is C31H39ClFN5O4. The van der Waals surface area contributed by atoms with E-state index in [0.717, 1.165) is 37.8 Å². The number of pyridine rings is 1. The van der Waals surface area contributed by atoms with Crippen molar-refractivity contribution in [1.29, 1.82) is 0 Å². The molecule has 2 unspecified atom stereocenters. The number of piperidine rings is 2. The molecule has 11 heteroatoms. The van der Waals surface area contributed by atoms with Gasteiger partial charge in [-0.05, 0) is 65.0 Å². The van der Waals surface area contributed by atoms with Crippen molar-refractivity contribution in [2.24, 2.45) is 0 Å². The maximum absolute atomic E-state index is 16.8. The van der Waals surface area contributed by atoms with Gasteiger partial charge in [0.25, 0.3) is 0 Å². The summed E-state index contributed by atoms with van der Waals surface area (Å²) in [6.07, 6.45) is 5.58. The highest BCUT2D eigenvalue weighted by Crippen LogP contribution is 2.38. The van der Waals surface area contributed by atoms with Crippen molar-refractivity contribution in [2.75, 3.05) is 18.5 Å². The molecule has 3 aliphatic heterocycles. The molecular weight excluding hydrogens is 561 g/mol. The van der Waals surface area contributed by atoms with Gasteiger partial charge in [0.1, 0.15) is 0 Å². The number of ether oxygens (including phenoxy) is 1. The van der Waals surface area contributed by atoms with Crippen molar-refractivity contribution in [1.82, 2.24) is 19.4 Å². The molecule has 3 saturated heterocycles. The van der Waals surface area contributed by atoms with Gasteiger partial charge in [0.15, 0.2) is 11.2 Å². The third kappa shape index (κ3) is 5.32. The maximum atomic E-state index is 16.8. The zero-order chi connectivity index (χ0) is 29.7. The van der Waals surface area contributed by atoms with Crippen LogP contribution in [0.1, 0.15) is 69.7 Å². The molecule has 226 valence electrons. The molecule has 3 aromatic rings. The number of aliphatic hydroxyl groups is 2. The van der Waals surface area contributed by atoms with Crippen molar-refractivity contribution in [3.8, 4) is 11.3 Å². The summed E-state index contributed by atoms with van der Waals surface area (Å²) < 4.78 is 24.0.